The number of benzene rings is 2. The fourth-order valence-corrected chi connectivity index (χ4v) is 5.12. The van der Waals surface area contributed by atoms with Crippen molar-refractivity contribution in [2.75, 3.05) is 11.9 Å². The number of hydrogen-bond acceptors (Lipinski definition) is 5. The number of anilines is 1. The van der Waals surface area contributed by atoms with Gasteiger partial charge >= 0.3 is 6.03 Å². The van der Waals surface area contributed by atoms with Gasteiger partial charge < -0.3 is 10.6 Å². The summed E-state index contributed by atoms with van der Waals surface area (Å²) in [4.78, 5) is 45.1. The summed E-state index contributed by atoms with van der Waals surface area (Å²) in [5.41, 5.74) is 2.61. The molecule has 0 bridgehead atoms. The Hall–Kier alpha value is -3.52. The number of amides is 4. The third-order valence-electron chi connectivity index (χ3n) is 6.08. The monoisotopic (exact) mass is 476 g/mol. The van der Waals surface area contributed by atoms with Gasteiger partial charge in [-0.15, -0.1) is 11.3 Å². The standard InChI is InChI=1S/C26H28N4O3S/c1-4-9-18-12-14-19(15-13-18)22-17(3)34-24(28-22)27-21(31)16-30-23(32)26(5-2,29-25(30)33)20-10-7-6-8-11-20/h6-8,10-15H,4-5,9,16H2,1-3H3,(H,29,33)(H,27,28,31). The Morgan fingerprint density at radius 3 is 2.44 bits per heavy atom. The molecule has 2 heterocycles. The number of rotatable bonds is 8. The van der Waals surface area contributed by atoms with Gasteiger partial charge in [-0.3, -0.25) is 14.5 Å². The smallest absolute Gasteiger partial charge is 0.319 e. The number of aryl methyl sites for hydroxylation is 2. The highest BCUT2D eigenvalue weighted by molar-refractivity contribution is 7.16. The molecule has 1 saturated heterocycles. The topological polar surface area (TPSA) is 91.4 Å². The van der Waals surface area contributed by atoms with Gasteiger partial charge in [0.05, 0.1) is 5.69 Å². The summed E-state index contributed by atoms with van der Waals surface area (Å²) >= 11 is 1.37. The predicted octanol–water partition coefficient (Wildman–Crippen LogP) is 4.87. The number of aromatic nitrogens is 1. The molecule has 1 aliphatic rings. The van der Waals surface area contributed by atoms with Crippen molar-refractivity contribution in [3.63, 3.8) is 0 Å². The van der Waals surface area contributed by atoms with Crippen LogP contribution in [0.2, 0.25) is 0 Å². The van der Waals surface area contributed by atoms with Gasteiger partial charge in [0.15, 0.2) is 5.13 Å². The molecule has 7 nitrogen and oxygen atoms in total. The van der Waals surface area contributed by atoms with E-state index in [0.29, 0.717) is 17.1 Å². The number of nitrogens with zero attached hydrogens (tertiary/aromatic N) is 2. The molecule has 1 aliphatic heterocycles. The van der Waals surface area contributed by atoms with E-state index in [1.54, 1.807) is 12.1 Å². The minimum absolute atomic E-state index is 0.376. The van der Waals surface area contributed by atoms with Crippen molar-refractivity contribution >= 4 is 34.3 Å². The third kappa shape index (κ3) is 4.46. The summed E-state index contributed by atoms with van der Waals surface area (Å²) in [6.07, 6.45) is 2.50. The van der Waals surface area contributed by atoms with Crippen LogP contribution in [0.3, 0.4) is 0 Å². The molecule has 3 aromatic rings. The summed E-state index contributed by atoms with van der Waals surface area (Å²) < 4.78 is 0. The van der Waals surface area contributed by atoms with Gasteiger partial charge in [0.25, 0.3) is 5.91 Å². The molecule has 34 heavy (non-hydrogen) atoms. The Balaban J connectivity index is 1.46. The highest BCUT2D eigenvalue weighted by Gasteiger charge is 2.51. The zero-order valence-electron chi connectivity index (χ0n) is 19.6. The average Bonchev–Trinajstić information content (AvgIpc) is 3.32. The molecule has 2 aromatic carbocycles. The molecule has 1 fully saturated rings. The Kier molecular flexibility index (Phi) is 6.79. The quantitative estimate of drug-likeness (QED) is 0.454. The van der Waals surface area contributed by atoms with Crippen molar-refractivity contribution in [1.82, 2.24) is 15.2 Å². The van der Waals surface area contributed by atoms with Crippen molar-refractivity contribution < 1.29 is 14.4 Å². The van der Waals surface area contributed by atoms with Gasteiger partial charge in [-0.25, -0.2) is 9.78 Å². The molecular weight excluding hydrogens is 448 g/mol. The van der Waals surface area contributed by atoms with Gasteiger partial charge in [0.2, 0.25) is 5.91 Å². The van der Waals surface area contributed by atoms with E-state index in [2.05, 4.69) is 34.7 Å². The summed E-state index contributed by atoms with van der Waals surface area (Å²) in [7, 11) is 0. The van der Waals surface area contributed by atoms with Gasteiger partial charge in [-0.1, -0.05) is 74.9 Å². The molecule has 0 radical (unpaired) electrons. The third-order valence-corrected chi connectivity index (χ3v) is 6.97. The molecule has 1 aromatic heterocycles. The van der Waals surface area contributed by atoms with Crippen LogP contribution in [0.4, 0.5) is 9.93 Å². The van der Waals surface area contributed by atoms with Crippen LogP contribution in [0.5, 0.6) is 0 Å². The molecular formula is C26H28N4O3S. The minimum atomic E-state index is -1.16. The lowest BCUT2D eigenvalue weighted by Crippen LogP contribution is -2.44. The van der Waals surface area contributed by atoms with Crippen molar-refractivity contribution in [2.24, 2.45) is 0 Å². The van der Waals surface area contributed by atoms with Crippen LogP contribution >= 0.6 is 11.3 Å². The summed E-state index contributed by atoms with van der Waals surface area (Å²) in [5, 5.41) is 5.98. The number of hydrogen-bond donors (Lipinski definition) is 2. The molecule has 0 saturated carbocycles. The first-order chi connectivity index (χ1) is 16.4. The van der Waals surface area contributed by atoms with Gasteiger partial charge in [-0.05, 0) is 30.9 Å². The zero-order valence-corrected chi connectivity index (χ0v) is 20.4. The van der Waals surface area contributed by atoms with Crippen LogP contribution in [-0.2, 0) is 21.5 Å². The Morgan fingerprint density at radius 1 is 1.09 bits per heavy atom. The lowest BCUT2D eigenvalue weighted by molar-refractivity contribution is -0.134. The van der Waals surface area contributed by atoms with Crippen LogP contribution in [0, 0.1) is 6.92 Å². The summed E-state index contributed by atoms with van der Waals surface area (Å²) in [5.74, 6) is -0.897. The maximum Gasteiger partial charge on any atom is 0.325 e. The Morgan fingerprint density at radius 2 is 1.79 bits per heavy atom. The minimum Gasteiger partial charge on any atom is -0.319 e. The lowest BCUT2D eigenvalue weighted by Gasteiger charge is -2.25. The van der Waals surface area contributed by atoms with Crippen molar-refractivity contribution in [2.45, 2.75) is 45.6 Å². The van der Waals surface area contributed by atoms with Crippen molar-refractivity contribution in [3.8, 4) is 11.3 Å². The highest BCUT2D eigenvalue weighted by Crippen LogP contribution is 2.33. The predicted molar refractivity (Wildman–Crippen MR) is 134 cm³/mol. The number of thiazole rings is 1. The number of carbonyl (C=O) groups excluding carboxylic acids is 3. The van der Waals surface area contributed by atoms with Crippen LogP contribution in [0.25, 0.3) is 11.3 Å². The summed E-state index contributed by atoms with van der Waals surface area (Å²) in [6.45, 7) is 5.56. The van der Waals surface area contributed by atoms with E-state index in [0.717, 1.165) is 33.9 Å². The normalized spacial score (nSPS) is 17.7. The second kappa shape index (κ2) is 9.77. The maximum absolute atomic E-state index is 13.2. The largest absolute Gasteiger partial charge is 0.325 e. The SMILES string of the molecule is CCCc1ccc(-c2nc(NC(=O)CN3C(=O)NC(CC)(c4ccccc4)C3=O)sc2C)cc1. The summed E-state index contributed by atoms with van der Waals surface area (Å²) in [6, 6.07) is 16.8. The van der Waals surface area contributed by atoms with Crippen LogP contribution < -0.4 is 10.6 Å². The average molecular weight is 477 g/mol. The molecule has 1 unspecified atom stereocenters. The molecule has 0 spiro atoms. The molecule has 176 valence electrons. The Labute approximate surface area is 203 Å². The van der Waals surface area contributed by atoms with Gasteiger partial charge in [0.1, 0.15) is 12.1 Å². The van der Waals surface area contributed by atoms with E-state index < -0.39 is 23.4 Å². The van der Waals surface area contributed by atoms with E-state index in [1.807, 2.05) is 44.2 Å². The number of carbonyl (C=O) groups is 3. The first-order valence-corrected chi connectivity index (χ1v) is 12.3. The van der Waals surface area contributed by atoms with E-state index in [9.17, 15) is 14.4 Å². The maximum atomic E-state index is 13.2. The fraction of sp³-hybridized carbons (Fsp3) is 0.308. The molecule has 4 rings (SSSR count). The van der Waals surface area contributed by atoms with E-state index in [1.165, 1.54) is 16.9 Å². The van der Waals surface area contributed by atoms with E-state index in [-0.39, 0.29) is 6.54 Å². The first kappa shape index (κ1) is 23.6. The molecule has 4 amide bonds. The lowest BCUT2D eigenvalue weighted by atomic mass is 9.87. The van der Waals surface area contributed by atoms with Gasteiger partial charge in [0, 0.05) is 10.4 Å². The number of imide groups is 1. The van der Waals surface area contributed by atoms with Crippen LogP contribution in [-0.4, -0.2) is 34.3 Å². The van der Waals surface area contributed by atoms with Crippen molar-refractivity contribution in [1.29, 1.82) is 0 Å². The second-order valence-electron chi connectivity index (χ2n) is 8.37. The van der Waals surface area contributed by atoms with Crippen LogP contribution in [0.1, 0.15) is 42.7 Å². The number of urea groups is 1. The zero-order chi connectivity index (χ0) is 24.3. The molecule has 2 N–H and O–H groups in total. The molecule has 1 atom stereocenters. The second-order valence-corrected chi connectivity index (χ2v) is 9.57. The molecule has 0 aliphatic carbocycles. The van der Waals surface area contributed by atoms with E-state index >= 15 is 0 Å². The van der Waals surface area contributed by atoms with Crippen LogP contribution in [0.15, 0.2) is 54.6 Å². The van der Waals surface area contributed by atoms with Crippen molar-refractivity contribution in [3.05, 3.63) is 70.6 Å². The number of nitrogens with one attached hydrogen (secondary N) is 2. The van der Waals surface area contributed by atoms with E-state index in [4.69, 9.17) is 0 Å². The van der Waals surface area contributed by atoms with Gasteiger partial charge in [-0.2, -0.15) is 0 Å². The fourth-order valence-electron chi connectivity index (χ4n) is 4.27. The Bertz CT molecular complexity index is 1210. The molecule has 8 heteroatoms. The first-order valence-electron chi connectivity index (χ1n) is 11.4. The highest BCUT2D eigenvalue weighted by atomic mass is 32.1.